The minimum absolute atomic E-state index is 0.0933. The van der Waals surface area contributed by atoms with Crippen molar-refractivity contribution in [2.45, 2.75) is 18.6 Å². The van der Waals surface area contributed by atoms with Gasteiger partial charge in [0, 0.05) is 18.2 Å². The van der Waals surface area contributed by atoms with Gasteiger partial charge in [0.15, 0.2) is 0 Å². The lowest BCUT2D eigenvalue weighted by atomic mass is 9.96. The van der Waals surface area contributed by atoms with Crippen molar-refractivity contribution >= 4 is 0 Å². The highest BCUT2D eigenvalue weighted by atomic mass is 19.4. The first-order chi connectivity index (χ1) is 9.24. The molecule has 1 aromatic rings. The fraction of sp³-hybridized carbons (Fsp3) is 0.538. The quantitative estimate of drug-likeness (QED) is 0.729. The number of aromatic hydroxyl groups is 2. The minimum atomic E-state index is -4.71. The number of nitrogens with zero attached hydrogens (tertiary/aromatic N) is 1. The van der Waals surface area contributed by atoms with Crippen molar-refractivity contribution in [2.75, 3.05) is 20.1 Å². The number of phenols is 2. The Kier molecular flexibility index (Phi) is 3.84. The SMILES string of the molecule is CN1CC(CN)CC1c1cc(O)cc(C(F)(F)F)c1O. The third-order valence-electron chi connectivity index (χ3n) is 3.76. The number of halogens is 3. The Labute approximate surface area is 114 Å². The molecule has 0 spiro atoms. The van der Waals surface area contributed by atoms with E-state index in [0.717, 1.165) is 0 Å². The summed E-state index contributed by atoms with van der Waals surface area (Å²) >= 11 is 0. The van der Waals surface area contributed by atoms with Crippen LogP contribution in [0, 0.1) is 5.92 Å². The molecule has 4 nitrogen and oxygen atoms in total. The number of hydrogen-bond donors (Lipinski definition) is 3. The smallest absolute Gasteiger partial charge is 0.420 e. The summed E-state index contributed by atoms with van der Waals surface area (Å²) in [6.07, 6.45) is -4.15. The van der Waals surface area contributed by atoms with Crippen LogP contribution in [0.25, 0.3) is 0 Å². The van der Waals surface area contributed by atoms with E-state index >= 15 is 0 Å². The van der Waals surface area contributed by atoms with Crippen LogP contribution in [-0.2, 0) is 6.18 Å². The molecule has 0 bridgehead atoms. The van der Waals surface area contributed by atoms with Crippen molar-refractivity contribution in [3.05, 3.63) is 23.3 Å². The van der Waals surface area contributed by atoms with Crippen LogP contribution in [0.15, 0.2) is 12.1 Å². The van der Waals surface area contributed by atoms with E-state index in [1.165, 1.54) is 6.07 Å². The van der Waals surface area contributed by atoms with E-state index in [9.17, 15) is 23.4 Å². The second-order valence-electron chi connectivity index (χ2n) is 5.22. The first-order valence-electron chi connectivity index (χ1n) is 6.27. The third kappa shape index (κ3) is 2.69. The number of benzene rings is 1. The molecule has 0 radical (unpaired) electrons. The number of phenolic OH excluding ortho intramolecular Hbond substituents is 2. The van der Waals surface area contributed by atoms with Gasteiger partial charge in [-0.25, -0.2) is 0 Å². The summed E-state index contributed by atoms with van der Waals surface area (Å²) in [5.41, 5.74) is 4.47. The lowest BCUT2D eigenvalue weighted by molar-refractivity contribution is -0.139. The molecule has 1 saturated heterocycles. The van der Waals surface area contributed by atoms with Crippen LogP contribution in [0.4, 0.5) is 13.2 Å². The maximum Gasteiger partial charge on any atom is 0.420 e. The zero-order chi connectivity index (χ0) is 15.1. The second kappa shape index (κ2) is 5.14. The third-order valence-corrected chi connectivity index (χ3v) is 3.76. The van der Waals surface area contributed by atoms with Gasteiger partial charge in [0.25, 0.3) is 0 Å². The highest BCUT2D eigenvalue weighted by Crippen LogP contribution is 2.45. The van der Waals surface area contributed by atoms with Crippen LogP contribution >= 0.6 is 0 Å². The Morgan fingerprint density at radius 3 is 2.50 bits per heavy atom. The van der Waals surface area contributed by atoms with E-state index in [-0.39, 0.29) is 17.5 Å². The Hall–Kier alpha value is -1.47. The summed E-state index contributed by atoms with van der Waals surface area (Å²) < 4.78 is 38.5. The van der Waals surface area contributed by atoms with Crippen molar-refractivity contribution in [2.24, 2.45) is 11.7 Å². The topological polar surface area (TPSA) is 69.7 Å². The van der Waals surface area contributed by atoms with E-state index in [2.05, 4.69) is 0 Å². The number of likely N-dealkylation sites (tertiary alicyclic amines) is 1. The Morgan fingerprint density at radius 1 is 1.35 bits per heavy atom. The fourth-order valence-corrected chi connectivity index (χ4v) is 2.75. The van der Waals surface area contributed by atoms with Crippen molar-refractivity contribution < 1.29 is 23.4 Å². The summed E-state index contributed by atoms with van der Waals surface area (Å²) in [4.78, 5) is 1.84. The van der Waals surface area contributed by atoms with Crippen LogP contribution in [0.1, 0.15) is 23.6 Å². The van der Waals surface area contributed by atoms with Gasteiger partial charge in [-0.2, -0.15) is 13.2 Å². The summed E-state index contributed by atoms with van der Waals surface area (Å²) in [5.74, 6) is -1.15. The Bertz CT molecular complexity index is 505. The maximum atomic E-state index is 12.8. The van der Waals surface area contributed by atoms with Gasteiger partial charge in [0.1, 0.15) is 17.1 Å². The van der Waals surface area contributed by atoms with Crippen LogP contribution in [0.5, 0.6) is 11.5 Å². The van der Waals surface area contributed by atoms with Crippen LogP contribution in [-0.4, -0.2) is 35.3 Å². The molecule has 1 fully saturated rings. The van der Waals surface area contributed by atoms with Gasteiger partial charge in [-0.3, -0.25) is 4.90 Å². The molecular formula is C13H17F3N2O2. The molecule has 2 atom stereocenters. The minimum Gasteiger partial charge on any atom is -0.508 e. The molecule has 1 heterocycles. The average Bonchev–Trinajstić information content (AvgIpc) is 2.71. The Morgan fingerprint density at radius 2 is 2.00 bits per heavy atom. The molecule has 20 heavy (non-hydrogen) atoms. The second-order valence-corrected chi connectivity index (χ2v) is 5.22. The molecule has 1 aromatic carbocycles. The Balaban J connectivity index is 2.45. The zero-order valence-corrected chi connectivity index (χ0v) is 11.0. The van der Waals surface area contributed by atoms with Gasteiger partial charge in [-0.1, -0.05) is 0 Å². The standard InChI is InChI=1S/C13H17F3N2O2/c1-18-6-7(5-17)2-11(18)9-3-8(19)4-10(12(9)20)13(14,15)16/h3-4,7,11,19-20H,2,5-6,17H2,1H3. The summed E-state index contributed by atoms with van der Waals surface area (Å²) in [6, 6.07) is 1.34. The lowest BCUT2D eigenvalue weighted by Gasteiger charge is -2.22. The highest BCUT2D eigenvalue weighted by molar-refractivity contribution is 5.49. The van der Waals surface area contributed by atoms with E-state index in [1.54, 1.807) is 7.05 Å². The van der Waals surface area contributed by atoms with Crippen LogP contribution in [0.2, 0.25) is 0 Å². The van der Waals surface area contributed by atoms with Crippen molar-refractivity contribution in [1.29, 1.82) is 0 Å². The maximum absolute atomic E-state index is 12.8. The summed E-state index contributed by atoms with van der Waals surface area (Å²) in [6.45, 7) is 1.09. The molecule has 2 rings (SSSR count). The number of rotatable bonds is 2. The summed E-state index contributed by atoms with van der Waals surface area (Å²) in [5, 5.41) is 19.4. The first-order valence-corrected chi connectivity index (χ1v) is 6.27. The van der Waals surface area contributed by atoms with Gasteiger partial charge >= 0.3 is 6.18 Å². The van der Waals surface area contributed by atoms with Crippen LogP contribution < -0.4 is 5.73 Å². The molecule has 0 aliphatic carbocycles. The number of nitrogens with two attached hydrogens (primary N) is 1. The monoisotopic (exact) mass is 290 g/mol. The van der Waals surface area contributed by atoms with E-state index in [0.29, 0.717) is 25.6 Å². The normalized spacial score (nSPS) is 24.2. The molecule has 0 amide bonds. The largest absolute Gasteiger partial charge is 0.508 e. The molecular weight excluding hydrogens is 273 g/mol. The zero-order valence-electron chi connectivity index (χ0n) is 11.0. The van der Waals surface area contributed by atoms with E-state index in [1.807, 2.05) is 4.90 Å². The van der Waals surface area contributed by atoms with Gasteiger partial charge < -0.3 is 15.9 Å². The van der Waals surface area contributed by atoms with E-state index < -0.39 is 23.2 Å². The molecule has 4 N–H and O–H groups in total. The van der Waals surface area contributed by atoms with Crippen molar-refractivity contribution in [3.63, 3.8) is 0 Å². The fourth-order valence-electron chi connectivity index (χ4n) is 2.75. The molecule has 7 heteroatoms. The summed E-state index contributed by atoms with van der Waals surface area (Å²) in [7, 11) is 1.76. The molecule has 1 aliphatic rings. The molecule has 0 aromatic heterocycles. The lowest BCUT2D eigenvalue weighted by Crippen LogP contribution is -2.21. The molecule has 2 unspecified atom stereocenters. The predicted octanol–water partition coefficient (Wildman–Crippen LogP) is 2.07. The van der Waals surface area contributed by atoms with Crippen LogP contribution in [0.3, 0.4) is 0 Å². The van der Waals surface area contributed by atoms with Crippen molar-refractivity contribution in [1.82, 2.24) is 4.90 Å². The van der Waals surface area contributed by atoms with Gasteiger partial charge in [0.05, 0.1) is 0 Å². The van der Waals surface area contributed by atoms with Crippen molar-refractivity contribution in [3.8, 4) is 11.5 Å². The highest BCUT2D eigenvalue weighted by Gasteiger charge is 2.38. The first kappa shape index (κ1) is 14.9. The average molecular weight is 290 g/mol. The van der Waals surface area contributed by atoms with Gasteiger partial charge in [-0.05, 0) is 38.1 Å². The molecule has 0 saturated carbocycles. The van der Waals surface area contributed by atoms with E-state index in [4.69, 9.17) is 5.73 Å². The predicted molar refractivity (Wildman–Crippen MR) is 67.3 cm³/mol. The number of hydrogen-bond acceptors (Lipinski definition) is 4. The van der Waals surface area contributed by atoms with Gasteiger partial charge in [-0.15, -0.1) is 0 Å². The van der Waals surface area contributed by atoms with Gasteiger partial charge in [0.2, 0.25) is 0 Å². The molecule has 1 aliphatic heterocycles. The number of alkyl halides is 3. The molecule has 112 valence electrons.